The molecule has 3 rings (SSSR count). The lowest BCUT2D eigenvalue weighted by Crippen LogP contribution is -2.27. The first-order chi connectivity index (χ1) is 12.0. The van der Waals surface area contributed by atoms with E-state index in [9.17, 15) is 9.59 Å². The van der Waals surface area contributed by atoms with Gasteiger partial charge in [-0.2, -0.15) is 0 Å². The zero-order valence-electron chi connectivity index (χ0n) is 13.9. The molecule has 0 radical (unpaired) electrons. The Balaban J connectivity index is 1.93. The number of carbonyl (C=O) groups is 1. The van der Waals surface area contributed by atoms with E-state index in [2.05, 4.69) is 15.3 Å². The number of rotatable bonds is 4. The Labute approximate surface area is 149 Å². The number of amides is 1. The average molecular weight is 354 g/mol. The number of H-pyrrole nitrogens is 1. The van der Waals surface area contributed by atoms with Crippen molar-refractivity contribution in [3.05, 3.63) is 69.0 Å². The van der Waals surface area contributed by atoms with Gasteiger partial charge in [0.05, 0.1) is 16.9 Å². The molecular formula is C18H18N4O2S. The molecule has 128 valence electrons. The van der Waals surface area contributed by atoms with Crippen LogP contribution >= 0.6 is 12.2 Å². The first-order valence-corrected chi connectivity index (χ1v) is 8.39. The maximum atomic E-state index is 12.5. The van der Waals surface area contributed by atoms with E-state index in [0.717, 1.165) is 5.56 Å². The van der Waals surface area contributed by atoms with Crippen LogP contribution in [0.15, 0.2) is 47.5 Å². The second-order valence-electron chi connectivity index (χ2n) is 5.72. The number of nitrogens with zero attached hydrogens (tertiary/aromatic N) is 2. The minimum atomic E-state index is -0.217. The van der Waals surface area contributed by atoms with Gasteiger partial charge in [-0.05, 0) is 62.0 Å². The molecule has 2 N–H and O–H groups in total. The molecule has 3 aromatic rings. The molecule has 1 amide bonds. The fourth-order valence-corrected chi connectivity index (χ4v) is 3.02. The molecule has 0 saturated heterocycles. The fraction of sp³-hybridized carbons (Fsp3) is 0.222. The van der Waals surface area contributed by atoms with E-state index in [1.54, 1.807) is 30.6 Å². The van der Waals surface area contributed by atoms with Gasteiger partial charge in [0.25, 0.3) is 11.5 Å². The molecular weight excluding hydrogens is 336 g/mol. The highest BCUT2D eigenvalue weighted by Crippen LogP contribution is 2.14. The molecule has 0 bridgehead atoms. The van der Waals surface area contributed by atoms with E-state index in [1.165, 1.54) is 4.57 Å². The molecule has 2 heterocycles. The lowest BCUT2D eigenvalue weighted by Gasteiger charge is -2.14. The number of pyridine rings is 1. The third-order valence-corrected chi connectivity index (χ3v) is 4.44. The summed E-state index contributed by atoms with van der Waals surface area (Å²) in [6.07, 6.45) is 3.37. The third kappa shape index (κ3) is 3.36. The van der Waals surface area contributed by atoms with Crippen molar-refractivity contribution in [2.75, 3.05) is 0 Å². The summed E-state index contributed by atoms with van der Waals surface area (Å²) in [6, 6.07) is 8.51. The van der Waals surface area contributed by atoms with Crippen LogP contribution in [0.25, 0.3) is 10.9 Å². The number of hydrogen-bond donors (Lipinski definition) is 2. The molecule has 7 heteroatoms. The zero-order valence-corrected chi connectivity index (χ0v) is 14.8. The first kappa shape index (κ1) is 17.0. The molecule has 1 atom stereocenters. The molecule has 0 aliphatic rings. The highest BCUT2D eigenvalue weighted by Gasteiger charge is 2.13. The summed E-state index contributed by atoms with van der Waals surface area (Å²) >= 11 is 5.21. The number of nitrogens with one attached hydrogen (secondary N) is 2. The lowest BCUT2D eigenvalue weighted by atomic mass is 10.1. The van der Waals surface area contributed by atoms with Crippen molar-refractivity contribution in [2.24, 2.45) is 0 Å². The van der Waals surface area contributed by atoms with Crippen LogP contribution in [-0.4, -0.2) is 20.4 Å². The summed E-state index contributed by atoms with van der Waals surface area (Å²) < 4.78 is 1.84. The smallest absolute Gasteiger partial charge is 0.262 e. The van der Waals surface area contributed by atoms with Crippen LogP contribution in [0.4, 0.5) is 0 Å². The van der Waals surface area contributed by atoms with Crippen LogP contribution < -0.4 is 10.9 Å². The predicted octanol–water partition coefficient (Wildman–Crippen LogP) is 2.96. The normalized spacial score (nSPS) is 12.1. The topological polar surface area (TPSA) is 79.8 Å². The van der Waals surface area contributed by atoms with Gasteiger partial charge in [-0.3, -0.25) is 19.1 Å². The van der Waals surface area contributed by atoms with Gasteiger partial charge in [0.15, 0.2) is 4.77 Å². The summed E-state index contributed by atoms with van der Waals surface area (Å²) in [5, 5.41) is 3.45. The van der Waals surface area contributed by atoms with Gasteiger partial charge in [-0.25, -0.2) is 0 Å². The number of fused-ring (bicyclic) bond motifs is 1. The Hall–Kier alpha value is -2.80. The summed E-state index contributed by atoms with van der Waals surface area (Å²) in [5.74, 6) is -0.217. The van der Waals surface area contributed by atoms with Crippen molar-refractivity contribution in [3.8, 4) is 0 Å². The van der Waals surface area contributed by atoms with Gasteiger partial charge in [0.2, 0.25) is 0 Å². The summed E-state index contributed by atoms with van der Waals surface area (Å²) in [4.78, 5) is 31.9. The Kier molecular flexibility index (Phi) is 4.76. The Morgan fingerprint density at radius 1 is 1.32 bits per heavy atom. The van der Waals surface area contributed by atoms with Crippen LogP contribution in [0.5, 0.6) is 0 Å². The largest absolute Gasteiger partial charge is 0.346 e. The van der Waals surface area contributed by atoms with Crippen molar-refractivity contribution in [1.82, 2.24) is 19.9 Å². The zero-order chi connectivity index (χ0) is 18.0. The average Bonchev–Trinajstić information content (AvgIpc) is 2.62. The minimum absolute atomic E-state index is 0.154. The van der Waals surface area contributed by atoms with E-state index in [0.29, 0.717) is 27.8 Å². The number of aromatic nitrogens is 3. The molecule has 0 spiro atoms. The van der Waals surface area contributed by atoms with Crippen molar-refractivity contribution in [1.29, 1.82) is 0 Å². The van der Waals surface area contributed by atoms with Crippen molar-refractivity contribution < 1.29 is 4.79 Å². The van der Waals surface area contributed by atoms with Gasteiger partial charge in [0.1, 0.15) is 0 Å². The van der Waals surface area contributed by atoms with E-state index < -0.39 is 0 Å². The third-order valence-electron chi connectivity index (χ3n) is 4.11. The van der Waals surface area contributed by atoms with E-state index >= 15 is 0 Å². The Morgan fingerprint density at radius 2 is 2.04 bits per heavy atom. The second-order valence-corrected chi connectivity index (χ2v) is 6.10. The monoisotopic (exact) mass is 354 g/mol. The van der Waals surface area contributed by atoms with Gasteiger partial charge in [0, 0.05) is 24.5 Å². The number of hydrogen-bond acceptors (Lipinski definition) is 4. The summed E-state index contributed by atoms with van der Waals surface area (Å²) in [5.41, 5.74) is 1.84. The number of aromatic amines is 1. The molecule has 2 aromatic heterocycles. The van der Waals surface area contributed by atoms with Gasteiger partial charge in [-0.1, -0.05) is 0 Å². The van der Waals surface area contributed by atoms with Crippen LogP contribution in [0.3, 0.4) is 0 Å². The molecule has 1 aromatic carbocycles. The van der Waals surface area contributed by atoms with Crippen LogP contribution in [0.2, 0.25) is 0 Å². The molecule has 0 aliphatic heterocycles. The minimum Gasteiger partial charge on any atom is -0.346 e. The SMILES string of the molecule is CCn1c(=S)[nH]c2cc(C(=O)NC(C)c3ccncc3)ccc2c1=O. The lowest BCUT2D eigenvalue weighted by molar-refractivity contribution is 0.0940. The first-order valence-electron chi connectivity index (χ1n) is 7.99. The van der Waals surface area contributed by atoms with Crippen LogP contribution in [0, 0.1) is 4.77 Å². The van der Waals surface area contributed by atoms with E-state index in [4.69, 9.17) is 12.2 Å². The van der Waals surface area contributed by atoms with Gasteiger partial charge >= 0.3 is 0 Å². The van der Waals surface area contributed by atoms with Crippen LogP contribution in [-0.2, 0) is 6.54 Å². The number of benzene rings is 1. The molecule has 1 unspecified atom stereocenters. The van der Waals surface area contributed by atoms with E-state index in [1.807, 2.05) is 26.0 Å². The fourth-order valence-electron chi connectivity index (χ4n) is 2.70. The maximum absolute atomic E-state index is 12.5. The molecule has 0 fully saturated rings. The van der Waals surface area contributed by atoms with E-state index in [-0.39, 0.29) is 17.5 Å². The Morgan fingerprint density at radius 3 is 2.72 bits per heavy atom. The summed E-state index contributed by atoms with van der Waals surface area (Å²) in [6.45, 7) is 4.26. The second kappa shape index (κ2) is 6.98. The standard InChI is InChI=1S/C18H18N4O2S/c1-3-22-17(24)14-5-4-13(10-15(14)21-18(22)25)16(23)20-11(2)12-6-8-19-9-7-12/h4-11H,3H2,1-2H3,(H,20,23)(H,21,25). The molecule has 0 aliphatic carbocycles. The van der Waals surface area contributed by atoms with Gasteiger partial charge in [-0.15, -0.1) is 0 Å². The molecule has 0 saturated carbocycles. The van der Waals surface area contributed by atoms with Crippen molar-refractivity contribution in [3.63, 3.8) is 0 Å². The highest BCUT2D eigenvalue weighted by atomic mass is 32.1. The predicted molar refractivity (Wildman–Crippen MR) is 99.2 cm³/mol. The molecule has 25 heavy (non-hydrogen) atoms. The Bertz CT molecular complexity index is 1040. The van der Waals surface area contributed by atoms with Crippen LogP contribution in [0.1, 0.15) is 35.8 Å². The highest BCUT2D eigenvalue weighted by molar-refractivity contribution is 7.71. The van der Waals surface area contributed by atoms with Crippen molar-refractivity contribution in [2.45, 2.75) is 26.4 Å². The quantitative estimate of drug-likeness (QED) is 0.706. The van der Waals surface area contributed by atoms with Crippen molar-refractivity contribution >= 4 is 29.0 Å². The number of carbonyl (C=O) groups excluding carboxylic acids is 1. The van der Waals surface area contributed by atoms with Gasteiger partial charge < -0.3 is 10.3 Å². The summed E-state index contributed by atoms with van der Waals surface area (Å²) in [7, 11) is 0. The molecule has 6 nitrogen and oxygen atoms in total. The maximum Gasteiger partial charge on any atom is 0.262 e.